The number of amides is 1. The van der Waals surface area contributed by atoms with Crippen LogP contribution in [0.4, 0.5) is 20.3 Å². The number of nitrogens with zero attached hydrogens (tertiary/aromatic N) is 2. The molecule has 1 aliphatic rings. The van der Waals surface area contributed by atoms with Crippen LogP contribution in [0.25, 0.3) is 11.1 Å². The molecule has 2 aromatic heterocycles. The first-order chi connectivity index (χ1) is 20.2. The predicted molar refractivity (Wildman–Crippen MR) is 151 cm³/mol. The molecule has 1 atom stereocenters. The van der Waals surface area contributed by atoms with E-state index >= 15 is 0 Å². The van der Waals surface area contributed by atoms with Crippen molar-refractivity contribution in [1.29, 1.82) is 0 Å². The largest absolute Gasteiger partial charge is 0.453 e. The molecule has 1 fully saturated rings. The van der Waals surface area contributed by atoms with Gasteiger partial charge in [-0.3, -0.25) is 14.4 Å². The van der Waals surface area contributed by atoms with E-state index in [4.69, 9.17) is 26.8 Å². The zero-order chi connectivity index (χ0) is 29.8. The lowest BCUT2D eigenvalue weighted by molar-refractivity contribution is -0.149. The summed E-state index contributed by atoms with van der Waals surface area (Å²) in [6.07, 6.45) is 5.47. The summed E-state index contributed by atoms with van der Waals surface area (Å²) in [5.74, 6) is -2.74. The standard InChI is InChI=1S/C29H24ClF2N5O5/c30-25-24(9-11-35-27(25)33)42-23-8-7-18(12-21(23)32)36-28(39)20-14-37(15-41-29(40)22-2-1-10-34-22)13-19(26(20)38)16-3-5-17(31)6-4-16/h3-9,11-14,22,34H,1-2,10,15H2,(H2,33,35)(H,36,39)/t22-/m0/s1. The number of nitrogen functional groups attached to an aromatic ring is 1. The van der Waals surface area contributed by atoms with Crippen molar-refractivity contribution in [2.75, 3.05) is 17.6 Å². The Kier molecular flexibility index (Phi) is 8.46. The van der Waals surface area contributed by atoms with Gasteiger partial charge < -0.3 is 30.4 Å². The number of ether oxygens (including phenoxy) is 2. The average Bonchev–Trinajstić information content (AvgIpc) is 3.52. The van der Waals surface area contributed by atoms with Gasteiger partial charge in [-0.15, -0.1) is 0 Å². The molecule has 10 nitrogen and oxygen atoms in total. The van der Waals surface area contributed by atoms with Gasteiger partial charge in [0, 0.05) is 42.0 Å². The Hall–Kier alpha value is -4.81. The highest BCUT2D eigenvalue weighted by Gasteiger charge is 2.24. The van der Waals surface area contributed by atoms with E-state index in [-0.39, 0.29) is 45.9 Å². The molecule has 4 aromatic rings. The van der Waals surface area contributed by atoms with Crippen LogP contribution < -0.4 is 26.5 Å². The minimum atomic E-state index is -0.848. The number of hydrogen-bond acceptors (Lipinski definition) is 8. The van der Waals surface area contributed by atoms with Gasteiger partial charge in [-0.1, -0.05) is 23.7 Å². The quantitative estimate of drug-likeness (QED) is 0.249. The second-order valence-corrected chi connectivity index (χ2v) is 9.76. The van der Waals surface area contributed by atoms with Crippen molar-refractivity contribution in [3.8, 4) is 22.6 Å². The molecule has 0 radical (unpaired) electrons. The van der Waals surface area contributed by atoms with Crippen molar-refractivity contribution >= 4 is 35.0 Å². The Labute approximate surface area is 243 Å². The number of benzene rings is 2. The van der Waals surface area contributed by atoms with Crippen LogP contribution in [0.5, 0.6) is 11.5 Å². The molecule has 0 aliphatic carbocycles. The molecular weight excluding hydrogens is 572 g/mol. The maximum Gasteiger partial charge on any atom is 0.324 e. The van der Waals surface area contributed by atoms with Gasteiger partial charge in [0.05, 0.1) is 0 Å². The number of nitrogens with two attached hydrogens (primary N) is 1. The number of halogens is 3. The fraction of sp³-hybridized carbons (Fsp3) is 0.172. The highest BCUT2D eigenvalue weighted by Crippen LogP contribution is 2.34. The lowest BCUT2D eigenvalue weighted by Gasteiger charge is -2.15. The van der Waals surface area contributed by atoms with Crippen LogP contribution >= 0.6 is 11.6 Å². The van der Waals surface area contributed by atoms with Crippen molar-refractivity contribution < 1.29 is 27.8 Å². The van der Waals surface area contributed by atoms with Crippen LogP contribution in [0.15, 0.2) is 71.9 Å². The first-order valence-corrected chi connectivity index (χ1v) is 13.2. The minimum absolute atomic E-state index is 0.0109. The fourth-order valence-electron chi connectivity index (χ4n) is 4.33. The number of pyridine rings is 2. The summed E-state index contributed by atoms with van der Waals surface area (Å²) in [6, 6.07) is 9.76. The maximum atomic E-state index is 14.9. The normalized spacial score (nSPS) is 14.4. The summed E-state index contributed by atoms with van der Waals surface area (Å²) in [7, 11) is 0. The smallest absolute Gasteiger partial charge is 0.324 e. The summed E-state index contributed by atoms with van der Waals surface area (Å²) >= 11 is 6.06. The van der Waals surface area contributed by atoms with Crippen molar-refractivity contribution in [3.63, 3.8) is 0 Å². The molecule has 0 unspecified atom stereocenters. The highest BCUT2D eigenvalue weighted by atomic mass is 35.5. The molecule has 13 heteroatoms. The third kappa shape index (κ3) is 6.40. The summed E-state index contributed by atoms with van der Waals surface area (Å²) in [5, 5.41) is 5.55. The molecular formula is C29H24ClF2N5O5. The Morgan fingerprint density at radius 1 is 1.12 bits per heavy atom. The molecule has 0 bridgehead atoms. The number of aromatic nitrogens is 2. The second kappa shape index (κ2) is 12.4. The van der Waals surface area contributed by atoms with E-state index < -0.39 is 35.0 Å². The SMILES string of the molecule is Nc1nccc(Oc2ccc(NC(=O)c3cn(COC(=O)[C@@H]4CCCN4)cc(-c4ccc(F)cc4)c3=O)cc2F)c1Cl. The molecule has 3 heterocycles. The molecule has 1 saturated heterocycles. The number of esters is 1. The maximum absolute atomic E-state index is 14.9. The summed E-state index contributed by atoms with van der Waals surface area (Å²) < 4.78 is 40.7. The van der Waals surface area contributed by atoms with Crippen LogP contribution in [0.1, 0.15) is 23.2 Å². The van der Waals surface area contributed by atoms with Crippen molar-refractivity contribution in [2.45, 2.75) is 25.6 Å². The third-order valence-corrected chi connectivity index (χ3v) is 6.85. The van der Waals surface area contributed by atoms with E-state index in [0.29, 0.717) is 18.5 Å². The third-order valence-electron chi connectivity index (χ3n) is 6.47. The van der Waals surface area contributed by atoms with E-state index in [2.05, 4.69) is 15.6 Å². The monoisotopic (exact) mass is 595 g/mol. The summed E-state index contributed by atoms with van der Waals surface area (Å²) in [4.78, 5) is 42.8. The van der Waals surface area contributed by atoms with Gasteiger partial charge in [0.2, 0.25) is 5.43 Å². The molecule has 1 amide bonds. The van der Waals surface area contributed by atoms with Gasteiger partial charge in [-0.05, 0) is 49.2 Å². The molecule has 1 aliphatic heterocycles. The molecule has 4 N–H and O–H groups in total. The number of rotatable bonds is 8. The van der Waals surface area contributed by atoms with E-state index in [0.717, 1.165) is 12.5 Å². The van der Waals surface area contributed by atoms with E-state index in [1.807, 2.05) is 0 Å². The van der Waals surface area contributed by atoms with E-state index in [1.165, 1.54) is 65.6 Å². The van der Waals surface area contributed by atoms with Crippen molar-refractivity contribution in [1.82, 2.24) is 14.9 Å². The van der Waals surface area contributed by atoms with E-state index in [1.54, 1.807) is 0 Å². The van der Waals surface area contributed by atoms with Gasteiger partial charge in [-0.25, -0.2) is 13.8 Å². The Balaban J connectivity index is 1.40. The topological polar surface area (TPSA) is 138 Å². The Morgan fingerprint density at radius 3 is 2.62 bits per heavy atom. The van der Waals surface area contributed by atoms with Crippen molar-refractivity contribution in [3.05, 3.63) is 99.6 Å². The number of carbonyl (C=O) groups is 2. The van der Waals surface area contributed by atoms with E-state index in [9.17, 15) is 23.2 Å². The fourth-order valence-corrected chi connectivity index (χ4v) is 4.48. The van der Waals surface area contributed by atoms with Crippen LogP contribution in [0.3, 0.4) is 0 Å². The van der Waals surface area contributed by atoms with Gasteiger partial charge in [-0.2, -0.15) is 0 Å². The lowest BCUT2D eigenvalue weighted by atomic mass is 10.0. The minimum Gasteiger partial charge on any atom is -0.453 e. The summed E-state index contributed by atoms with van der Waals surface area (Å²) in [6.45, 7) is 0.422. The summed E-state index contributed by atoms with van der Waals surface area (Å²) in [5.41, 5.74) is 5.12. The van der Waals surface area contributed by atoms with Crippen LogP contribution in [-0.2, 0) is 16.3 Å². The number of anilines is 2. The molecule has 216 valence electrons. The molecule has 2 aromatic carbocycles. The van der Waals surface area contributed by atoms with Crippen molar-refractivity contribution in [2.24, 2.45) is 0 Å². The van der Waals surface area contributed by atoms with Crippen LogP contribution in [0.2, 0.25) is 5.02 Å². The molecule has 0 saturated carbocycles. The molecule has 0 spiro atoms. The Morgan fingerprint density at radius 2 is 1.90 bits per heavy atom. The van der Waals surface area contributed by atoms with Crippen LogP contribution in [-0.4, -0.2) is 34.0 Å². The zero-order valence-electron chi connectivity index (χ0n) is 21.9. The second-order valence-electron chi connectivity index (χ2n) is 9.39. The van der Waals surface area contributed by atoms with Gasteiger partial charge in [0.25, 0.3) is 5.91 Å². The first kappa shape index (κ1) is 28.7. The van der Waals surface area contributed by atoms with Gasteiger partial charge in [0.15, 0.2) is 24.0 Å². The highest BCUT2D eigenvalue weighted by molar-refractivity contribution is 6.34. The molecule has 42 heavy (non-hydrogen) atoms. The number of carbonyl (C=O) groups excluding carboxylic acids is 2. The Bertz CT molecular complexity index is 1710. The van der Waals surface area contributed by atoms with Crippen LogP contribution in [0, 0.1) is 11.6 Å². The van der Waals surface area contributed by atoms with Gasteiger partial charge >= 0.3 is 5.97 Å². The predicted octanol–water partition coefficient (Wildman–Crippen LogP) is 4.72. The number of nitrogens with one attached hydrogen (secondary N) is 2. The zero-order valence-corrected chi connectivity index (χ0v) is 22.7. The number of hydrogen-bond donors (Lipinski definition) is 3. The van der Waals surface area contributed by atoms with Gasteiger partial charge in [0.1, 0.15) is 28.3 Å². The molecule has 5 rings (SSSR count). The first-order valence-electron chi connectivity index (χ1n) is 12.8. The average molecular weight is 596 g/mol. The lowest BCUT2D eigenvalue weighted by Crippen LogP contribution is -2.33.